The molecule has 0 bridgehead atoms. The predicted molar refractivity (Wildman–Crippen MR) is 79.8 cm³/mol. The number of hydrazine groups is 1. The maximum Gasteiger partial charge on any atom is 0.293 e. The minimum absolute atomic E-state index is 0.111. The number of hydrogen-bond donors (Lipinski definition) is 2. The second-order valence-corrected chi connectivity index (χ2v) is 5.63. The van der Waals surface area contributed by atoms with E-state index in [1.807, 2.05) is 0 Å². The lowest BCUT2D eigenvalue weighted by molar-refractivity contribution is -0.384. The molecule has 1 aliphatic heterocycles. The van der Waals surface area contributed by atoms with Gasteiger partial charge in [0, 0.05) is 24.7 Å². The molecule has 7 heteroatoms. The number of likely N-dealkylation sites (tertiary alicyclic amines) is 1. The number of nitrogen functional groups attached to an aromatic ring is 1. The SMILES string of the molecule is CC1CCN(C(=O)c2ccc([N+](=O)[O-])c(NN)c2)CC1C. The standard InChI is InChI=1S/C14H20N4O3/c1-9-5-6-17(8-10(9)2)14(19)11-3-4-13(18(20)21)12(7-11)16-15/h3-4,7,9-10,16H,5-6,8,15H2,1-2H3. The second kappa shape index (κ2) is 6.09. The number of amides is 1. The van der Waals surface area contributed by atoms with E-state index < -0.39 is 4.92 Å². The summed E-state index contributed by atoms with van der Waals surface area (Å²) in [4.78, 5) is 24.6. The zero-order chi connectivity index (χ0) is 15.6. The fourth-order valence-corrected chi connectivity index (χ4v) is 2.57. The molecule has 1 amide bonds. The van der Waals surface area contributed by atoms with Gasteiger partial charge in [0.15, 0.2) is 0 Å². The Balaban J connectivity index is 2.22. The van der Waals surface area contributed by atoms with Crippen molar-refractivity contribution in [1.82, 2.24) is 4.90 Å². The minimum atomic E-state index is -0.534. The number of anilines is 1. The van der Waals surface area contributed by atoms with Crippen molar-refractivity contribution in [1.29, 1.82) is 0 Å². The molecule has 0 saturated carbocycles. The maximum absolute atomic E-state index is 12.5. The third-order valence-corrected chi connectivity index (χ3v) is 4.22. The third kappa shape index (κ3) is 3.13. The highest BCUT2D eigenvalue weighted by atomic mass is 16.6. The van der Waals surface area contributed by atoms with Crippen LogP contribution < -0.4 is 11.3 Å². The van der Waals surface area contributed by atoms with Crippen LogP contribution in [-0.2, 0) is 0 Å². The van der Waals surface area contributed by atoms with Gasteiger partial charge in [0.2, 0.25) is 0 Å². The largest absolute Gasteiger partial charge is 0.338 e. The molecule has 7 nitrogen and oxygen atoms in total. The first-order valence-corrected chi connectivity index (χ1v) is 6.98. The van der Waals surface area contributed by atoms with Crippen LogP contribution in [0.1, 0.15) is 30.6 Å². The molecule has 2 unspecified atom stereocenters. The van der Waals surface area contributed by atoms with Crippen molar-refractivity contribution in [3.63, 3.8) is 0 Å². The van der Waals surface area contributed by atoms with Crippen LogP contribution in [0.15, 0.2) is 18.2 Å². The van der Waals surface area contributed by atoms with E-state index in [1.165, 1.54) is 18.2 Å². The summed E-state index contributed by atoms with van der Waals surface area (Å²) in [6.07, 6.45) is 0.974. The fourth-order valence-electron chi connectivity index (χ4n) is 2.57. The highest BCUT2D eigenvalue weighted by molar-refractivity contribution is 5.96. The molecule has 1 saturated heterocycles. The monoisotopic (exact) mass is 292 g/mol. The van der Waals surface area contributed by atoms with Crippen molar-refractivity contribution in [3.8, 4) is 0 Å². The van der Waals surface area contributed by atoms with Gasteiger partial charge in [-0.05, 0) is 30.4 Å². The summed E-state index contributed by atoms with van der Waals surface area (Å²) in [6.45, 7) is 5.75. The number of carbonyl (C=O) groups is 1. The molecule has 1 aliphatic rings. The predicted octanol–water partition coefficient (Wildman–Crippen LogP) is 2.00. The van der Waals surface area contributed by atoms with E-state index in [2.05, 4.69) is 19.3 Å². The van der Waals surface area contributed by atoms with Crippen molar-refractivity contribution in [3.05, 3.63) is 33.9 Å². The number of nitrogens with zero attached hydrogens (tertiary/aromatic N) is 2. The van der Waals surface area contributed by atoms with Crippen LogP contribution in [0.3, 0.4) is 0 Å². The molecule has 2 atom stereocenters. The van der Waals surface area contributed by atoms with E-state index in [-0.39, 0.29) is 17.3 Å². The van der Waals surface area contributed by atoms with E-state index in [4.69, 9.17) is 5.84 Å². The number of nitro benzene ring substituents is 1. The fraction of sp³-hybridized carbons (Fsp3) is 0.500. The Hall–Kier alpha value is -2.15. The summed E-state index contributed by atoms with van der Waals surface area (Å²) in [5.74, 6) is 6.24. The number of piperidine rings is 1. The van der Waals surface area contributed by atoms with Gasteiger partial charge in [0.1, 0.15) is 5.69 Å². The first kappa shape index (κ1) is 15.2. The first-order valence-electron chi connectivity index (χ1n) is 6.98. The van der Waals surface area contributed by atoms with Crippen LogP contribution in [0.25, 0.3) is 0 Å². The zero-order valence-corrected chi connectivity index (χ0v) is 12.2. The summed E-state index contributed by atoms with van der Waals surface area (Å²) >= 11 is 0. The first-order chi connectivity index (χ1) is 9.93. The molecule has 3 N–H and O–H groups in total. The van der Waals surface area contributed by atoms with Crippen LogP contribution in [0.4, 0.5) is 11.4 Å². The molecule has 2 rings (SSSR count). The van der Waals surface area contributed by atoms with Crippen LogP contribution in [0.2, 0.25) is 0 Å². The van der Waals surface area contributed by atoms with Crippen molar-refractivity contribution >= 4 is 17.3 Å². The van der Waals surface area contributed by atoms with Crippen molar-refractivity contribution in [2.45, 2.75) is 20.3 Å². The molecule has 21 heavy (non-hydrogen) atoms. The number of hydrogen-bond acceptors (Lipinski definition) is 5. The average Bonchev–Trinajstić information content (AvgIpc) is 2.48. The van der Waals surface area contributed by atoms with Crippen molar-refractivity contribution in [2.24, 2.45) is 17.7 Å². The highest BCUT2D eigenvalue weighted by Gasteiger charge is 2.27. The summed E-state index contributed by atoms with van der Waals surface area (Å²) in [5.41, 5.74) is 2.69. The average molecular weight is 292 g/mol. The van der Waals surface area contributed by atoms with E-state index in [0.29, 0.717) is 30.5 Å². The van der Waals surface area contributed by atoms with E-state index >= 15 is 0 Å². The second-order valence-electron chi connectivity index (χ2n) is 5.63. The van der Waals surface area contributed by atoms with Gasteiger partial charge >= 0.3 is 0 Å². The molecule has 1 aromatic carbocycles. The lowest BCUT2D eigenvalue weighted by Crippen LogP contribution is -2.42. The number of rotatable bonds is 3. The lowest BCUT2D eigenvalue weighted by Gasteiger charge is -2.35. The maximum atomic E-state index is 12.5. The number of nitrogens with one attached hydrogen (secondary N) is 1. The number of carbonyl (C=O) groups excluding carboxylic acids is 1. The minimum Gasteiger partial charge on any atom is -0.338 e. The van der Waals surface area contributed by atoms with Gasteiger partial charge in [-0.2, -0.15) is 0 Å². The van der Waals surface area contributed by atoms with Crippen LogP contribution in [0.5, 0.6) is 0 Å². The Labute approximate surface area is 123 Å². The smallest absolute Gasteiger partial charge is 0.293 e. The Morgan fingerprint density at radius 1 is 1.43 bits per heavy atom. The molecule has 1 aromatic rings. The zero-order valence-electron chi connectivity index (χ0n) is 12.2. The van der Waals surface area contributed by atoms with Gasteiger partial charge in [0.25, 0.3) is 11.6 Å². The van der Waals surface area contributed by atoms with Crippen LogP contribution in [0, 0.1) is 22.0 Å². The molecule has 0 aliphatic carbocycles. The van der Waals surface area contributed by atoms with Gasteiger partial charge in [0.05, 0.1) is 4.92 Å². The molecule has 0 radical (unpaired) electrons. The summed E-state index contributed by atoms with van der Waals surface area (Å²) in [6, 6.07) is 4.21. The van der Waals surface area contributed by atoms with Gasteiger partial charge in [-0.15, -0.1) is 0 Å². The van der Waals surface area contributed by atoms with E-state index in [1.54, 1.807) is 4.90 Å². The van der Waals surface area contributed by atoms with Crippen molar-refractivity contribution < 1.29 is 9.72 Å². The molecule has 1 heterocycles. The molecule has 0 spiro atoms. The van der Waals surface area contributed by atoms with Gasteiger partial charge in [-0.3, -0.25) is 20.8 Å². The number of nitrogens with two attached hydrogens (primary N) is 1. The molecular weight excluding hydrogens is 272 g/mol. The number of benzene rings is 1. The summed E-state index contributed by atoms with van der Waals surface area (Å²) in [5, 5.41) is 10.9. The topological polar surface area (TPSA) is 102 Å². The lowest BCUT2D eigenvalue weighted by atomic mass is 9.88. The number of nitro groups is 1. The molecule has 1 fully saturated rings. The summed E-state index contributed by atoms with van der Waals surface area (Å²) < 4.78 is 0. The van der Waals surface area contributed by atoms with Crippen LogP contribution >= 0.6 is 0 Å². The van der Waals surface area contributed by atoms with Gasteiger partial charge in [-0.1, -0.05) is 13.8 Å². The Kier molecular flexibility index (Phi) is 4.42. The highest BCUT2D eigenvalue weighted by Crippen LogP contribution is 2.27. The summed E-state index contributed by atoms with van der Waals surface area (Å²) in [7, 11) is 0. The normalized spacial score (nSPS) is 22.0. The Morgan fingerprint density at radius 2 is 2.14 bits per heavy atom. The molecular formula is C14H20N4O3. The quantitative estimate of drug-likeness (QED) is 0.504. The third-order valence-electron chi connectivity index (χ3n) is 4.22. The van der Waals surface area contributed by atoms with E-state index in [9.17, 15) is 14.9 Å². The van der Waals surface area contributed by atoms with Crippen molar-refractivity contribution in [2.75, 3.05) is 18.5 Å². The molecule has 114 valence electrons. The van der Waals surface area contributed by atoms with Crippen LogP contribution in [-0.4, -0.2) is 28.8 Å². The molecule has 0 aromatic heterocycles. The van der Waals surface area contributed by atoms with Gasteiger partial charge < -0.3 is 10.3 Å². The van der Waals surface area contributed by atoms with Gasteiger partial charge in [-0.25, -0.2) is 0 Å². The van der Waals surface area contributed by atoms with E-state index in [0.717, 1.165) is 6.42 Å². The Bertz CT molecular complexity index is 561. The Morgan fingerprint density at radius 3 is 2.71 bits per heavy atom.